The van der Waals surface area contributed by atoms with Gasteiger partial charge in [-0.3, -0.25) is 9.59 Å². The van der Waals surface area contributed by atoms with Gasteiger partial charge >= 0.3 is 23.9 Å². The summed E-state index contributed by atoms with van der Waals surface area (Å²) in [5.74, 6) is -5.80. The lowest BCUT2D eigenvalue weighted by molar-refractivity contribution is -0.159. The van der Waals surface area contributed by atoms with Gasteiger partial charge in [-0.05, 0) is 0 Å². The van der Waals surface area contributed by atoms with Gasteiger partial charge in [-0.25, -0.2) is 9.59 Å². The Morgan fingerprint density at radius 3 is 0.889 bits per heavy atom. The molecule has 0 fully saturated rings. The van der Waals surface area contributed by atoms with Crippen LogP contribution in [0.3, 0.4) is 0 Å². The Kier molecular flexibility index (Phi) is 17.4. The molecule has 0 bridgehead atoms. The Balaban J connectivity index is -0.000000200. The maximum atomic E-state index is 9.64. The molecule has 0 aliphatic heterocycles. The van der Waals surface area contributed by atoms with Crippen molar-refractivity contribution in [2.24, 2.45) is 0 Å². The van der Waals surface area contributed by atoms with E-state index >= 15 is 0 Å². The Labute approximate surface area is 101 Å². The summed E-state index contributed by atoms with van der Waals surface area (Å²) in [6, 6.07) is 0. The topological polar surface area (TPSA) is 190 Å². The molecule has 10 heteroatoms. The average molecular weight is 270 g/mol. The molecular formula is C8H14O10. The Morgan fingerprint density at radius 2 is 0.833 bits per heavy atom. The van der Waals surface area contributed by atoms with E-state index in [1.807, 2.05) is 0 Å². The van der Waals surface area contributed by atoms with Crippen molar-refractivity contribution >= 4 is 23.9 Å². The van der Waals surface area contributed by atoms with Gasteiger partial charge in [-0.15, -0.1) is 0 Å². The predicted molar refractivity (Wildman–Crippen MR) is 53.9 cm³/mol. The molecule has 0 rings (SSSR count). The van der Waals surface area contributed by atoms with Gasteiger partial charge in [0.25, 0.3) is 0 Å². The second kappa shape index (κ2) is 14.8. The minimum Gasteiger partial charge on any atom is -0.481 e. The summed E-state index contributed by atoms with van der Waals surface area (Å²) in [4.78, 5) is 37.5. The molecule has 6 N–H and O–H groups in total. The summed E-state index contributed by atoms with van der Waals surface area (Å²) in [5.41, 5.74) is 0. The Hall–Kier alpha value is -2.20. The highest BCUT2D eigenvalue weighted by Gasteiger charge is 2.04. The van der Waals surface area contributed by atoms with E-state index in [4.69, 9.17) is 40.2 Å². The van der Waals surface area contributed by atoms with Gasteiger partial charge in [-0.2, -0.15) is 0 Å². The molecule has 0 aliphatic carbocycles. The van der Waals surface area contributed by atoms with E-state index in [1.165, 1.54) is 0 Å². The lowest BCUT2D eigenvalue weighted by atomic mass is 10.3. The lowest BCUT2D eigenvalue weighted by Gasteiger charge is -1.85. The van der Waals surface area contributed by atoms with E-state index in [9.17, 15) is 9.59 Å². The Morgan fingerprint density at radius 1 is 0.611 bits per heavy atom. The summed E-state index contributed by atoms with van der Waals surface area (Å²) < 4.78 is 0. The zero-order chi connectivity index (χ0) is 15.1. The SMILES string of the molecule is O=C(O)C(=O)O.O=C(O)CCC(=O)O.OCCO. The molecule has 0 heterocycles. The minimum absolute atomic E-state index is 0.125. The first-order valence-electron chi connectivity index (χ1n) is 4.30. The van der Waals surface area contributed by atoms with E-state index in [1.54, 1.807) is 0 Å². The zero-order valence-corrected chi connectivity index (χ0v) is 9.14. The third-order valence-corrected chi connectivity index (χ3v) is 0.836. The van der Waals surface area contributed by atoms with Crippen LogP contribution < -0.4 is 0 Å². The molecule has 106 valence electrons. The van der Waals surface area contributed by atoms with Crippen molar-refractivity contribution in [3.8, 4) is 0 Å². The quantitative estimate of drug-likeness (QED) is 0.313. The third-order valence-electron chi connectivity index (χ3n) is 0.836. The number of carboxylic acid groups (broad SMARTS) is 4. The van der Waals surface area contributed by atoms with Crippen LogP contribution in [0.15, 0.2) is 0 Å². The predicted octanol–water partition coefficient (Wildman–Crippen LogP) is -1.94. The van der Waals surface area contributed by atoms with Crippen molar-refractivity contribution in [3.05, 3.63) is 0 Å². The van der Waals surface area contributed by atoms with Crippen LogP contribution in [-0.2, 0) is 19.2 Å². The molecule has 0 unspecified atom stereocenters. The zero-order valence-electron chi connectivity index (χ0n) is 9.14. The monoisotopic (exact) mass is 270 g/mol. The first kappa shape index (κ1) is 21.1. The van der Waals surface area contributed by atoms with Crippen LogP contribution in [0, 0.1) is 0 Å². The second-order valence-electron chi connectivity index (χ2n) is 2.34. The first-order valence-corrected chi connectivity index (χ1v) is 4.30. The lowest BCUT2D eigenvalue weighted by Crippen LogP contribution is -2.09. The van der Waals surface area contributed by atoms with Gasteiger partial charge in [0, 0.05) is 0 Å². The number of carbonyl (C=O) groups is 4. The standard InChI is InChI=1S/C4H6O4.C2H2O4.C2H6O2/c5-3(6)1-2-4(7)8;3-1(4)2(5)6;3-1-2-4/h1-2H2,(H,5,6)(H,7,8);(H,3,4)(H,5,6);3-4H,1-2H2. The van der Waals surface area contributed by atoms with Gasteiger partial charge in [-0.1, -0.05) is 0 Å². The van der Waals surface area contributed by atoms with Gasteiger partial charge in [0.1, 0.15) is 0 Å². The molecular weight excluding hydrogens is 256 g/mol. The molecule has 0 aliphatic rings. The number of aliphatic hydroxyl groups excluding tert-OH is 2. The van der Waals surface area contributed by atoms with Crippen molar-refractivity contribution < 1.29 is 49.8 Å². The number of hydrogen-bond donors (Lipinski definition) is 6. The minimum atomic E-state index is -1.82. The fourth-order valence-corrected chi connectivity index (χ4v) is 0.214. The van der Waals surface area contributed by atoms with Gasteiger partial charge in [0.15, 0.2) is 0 Å². The summed E-state index contributed by atoms with van der Waals surface area (Å²) in [6.07, 6.45) is -0.593. The second-order valence-corrected chi connectivity index (χ2v) is 2.34. The molecule has 0 aromatic heterocycles. The maximum Gasteiger partial charge on any atom is 0.414 e. The molecule has 10 nitrogen and oxygen atoms in total. The number of rotatable bonds is 4. The molecule has 18 heavy (non-hydrogen) atoms. The number of aliphatic hydroxyl groups is 2. The molecule has 0 spiro atoms. The highest BCUT2D eigenvalue weighted by molar-refractivity contribution is 6.27. The van der Waals surface area contributed by atoms with Crippen LogP contribution in [0.25, 0.3) is 0 Å². The van der Waals surface area contributed by atoms with Gasteiger partial charge in [0.05, 0.1) is 26.1 Å². The van der Waals surface area contributed by atoms with Crippen LogP contribution in [0.5, 0.6) is 0 Å². The average Bonchev–Trinajstić information content (AvgIpc) is 2.27. The van der Waals surface area contributed by atoms with E-state index in [-0.39, 0.29) is 26.1 Å². The summed E-state index contributed by atoms with van der Waals surface area (Å²) in [5, 5.41) is 45.8. The van der Waals surface area contributed by atoms with Crippen LogP contribution >= 0.6 is 0 Å². The maximum absolute atomic E-state index is 9.64. The fourth-order valence-electron chi connectivity index (χ4n) is 0.214. The first-order chi connectivity index (χ1) is 8.18. The number of carboxylic acids is 4. The molecule has 0 saturated carbocycles. The fraction of sp³-hybridized carbons (Fsp3) is 0.500. The van der Waals surface area contributed by atoms with Crippen molar-refractivity contribution in [2.45, 2.75) is 12.8 Å². The van der Waals surface area contributed by atoms with E-state index in [2.05, 4.69) is 0 Å². The van der Waals surface area contributed by atoms with Crippen LogP contribution in [0.2, 0.25) is 0 Å². The highest BCUT2D eigenvalue weighted by Crippen LogP contribution is 1.86. The largest absolute Gasteiger partial charge is 0.481 e. The van der Waals surface area contributed by atoms with E-state index < -0.39 is 23.9 Å². The molecule has 0 saturated heterocycles. The van der Waals surface area contributed by atoms with Crippen molar-refractivity contribution in [3.63, 3.8) is 0 Å². The third kappa shape index (κ3) is 37.2. The smallest absolute Gasteiger partial charge is 0.414 e. The normalized spacial score (nSPS) is 7.89. The van der Waals surface area contributed by atoms with Crippen molar-refractivity contribution in [1.29, 1.82) is 0 Å². The van der Waals surface area contributed by atoms with Gasteiger partial charge < -0.3 is 30.6 Å². The van der Waals surface area contributed by atoms with Crippen LogP contribution in [0.1, 0.15) is 12.8 Å². The van der Waals surface area contributed by atoms with E-state index in [0.717, 1.165) is 0 Å². The molecule has 0 amide bonds. The number of hydrogen-bond acceptors (Lipinski definition) is 6. The molecule has 0 aromatic rings. The van der Waals surface area contributed by atoms with E-state index in [0.29, 0.717) is 0 Å². The summed E-state index contributed by atoms with van der Waals surface area (Å²) in [7, 11) is 0. The van der Waals surface area contributed by atoms with Gasteiger partial charge in [0.2, 0.25) is 0 Å². The van der Waals surface area contributed by atoms with Crippen molar-refractivity contribution in [1.82, 2.24) is 0 Å². The number of aliphatic carboxylic acids is 4. The highest BCUT2D eigenvalue weighted by atomic mass is 16.4. The summed E-state index contributed by atoms with van der Waals surface area (Å²) >= 11 is 0. The molecule has 0 radical (unpaired) electrons. The molecule has 0 atom stereocenters. The van der Waals surface area contributed by atoms with Crippen LogP contribution in [-0.4, -0.2) is 67.7 Å². The van der Waals surface area contributed by atoms with Crippen LogP contribution in [0.4, 0.5) is 0 Å². The summed E-state index contributed by atoms with van der Waals surface area (Å²) in [6.45, 7) is -0.250. The Bertz CT molecular complexity index is 243. The van der Waals surface area contributed by atoms with Crippen molar-refractivity contribution in [2.75, 3.05) is 13.2 Å². The molecule has 0 aromatic carbocycles.